The quantitative estimate of drug-likeness (QED) is 0.862. The van der Waals surface area contributed by atoms with Crippen LogP contribution in [0.25, 0.3) is 0 Å². The van der Waals surface area contributed by atoms with E-state index in [-0.39, 0.29) is 5.57 Å². The number of carboxylic acid groups (broad SMARTS) is 2. The van der Waals surface area contributed by atoms with Crippen LogP contribution in [0.3, 0.4) is 0 Å². The molecule has 2 aliphatic rings. The van der Waals surface area contributed by atoms with Gasteiger partial charge in [0.2, 0.25) is 0 Å². The molecule has 0 spiro atoms. The molecule has 0 radical (unpaired) electrons. The molecule has 1 aromatic carbocycles. The summed E-state index contributed by atoms with van der Waals surface area (Å²) in [7, 11) is 2.96. The molecule has 0 bridgehead atoms. The summed E-state index contributed by atoms with van der Waals surface area (Å²) in [4.78, 5) is 23.7. The Balaban J connectivity index is 2.35. The molecular weight excluding hydrogens is 328 g/mol. The molecule has 132 valence electrons. The van der Waals surface area contributed by atoms with Gasteiger partial charge >= 0.3 is 11.9 Å². The highest BCUT2D eigenvalue weighted by molar-refractivity contribution is 5.97. The molecule has 2 N–H and O–H groups in total. The first-order chi connectivity index (χ1) is 11.7. The van der Waals surface area contributed by atoms with Gasteiger partial charge in [0.15, 0.2) is 0 Å². The molecule has 25 heavy (non-hydrogen) atoms. The van der Waals surface area contributed by atoms with E-state index in [9.17, 15) is 19.8 Å². The fourth-order valence-electron chi connectivity index (χ4n) is 3.79. The molecule has 0 amide bonds. The summed E-state index contributed by atoms with van der Waals surface area (Å²) in [5.74, 6) is -2.13. The molecule has 1 heterocycles. The summed E-state index contributed by atoms with van der Waals surface area (Å²) < 4.78 is 16.6. The summed E-state index contributed by atoms with van der Waals surface area (Å²) in [5, 5.41) is 19.3. The van der Waals surface area contributed by atoms with E-state index in [0.29, 0.717) is 34.1 Å². The van der Waals surface area contributed by atoms with Crippen molar-refractivity contribution in [3.05, 3.63) is 40.7 Å². The van der Waals surface area contributed by atoms with Crippen LogP contribution < -0.4 is 14.2 Å². The zero-order valence-corrected chi connectivity index (χ0v) is 14.2. The van der Waals surface area contributed by atoms with Gasteiger partial charge in [0, 0.05) is 12.1 Å². The third-order valence-electron chi connectivity index (χ3n) is 4.81. The number of allylic oxidation sites excluding steroid dienone is 3. The molecule has 0 saturated heterocycles. The van der Waals surface area contributed by atoms with Crippen LogP contribution in [-0.4, -0.2) is 36.4 Å². The molecule has 2 unspecified atom stereocenters. The lowest BCUT2D eigenvalue weighted by molar-refractivity contribution is -0.145. The number of benzene rings is 1. The lowest BCUT2D eigenvalue weighted by Crippen LogP contribution is -2.43. The van der Waals surface area contributed by atoms with E-state index in [1.807, 2.05) is 0 Å². The van der Waals surface area contributed by atoms with Crippen LogP contribution in [0.2, 0.25) is 0 Å². The standard InChI is InChI=1S/C18H18O7/c1-8-5-10(16(19)20)13(17(21)22)18(2)14-11(24-4)6-9(23-3)7-12(14)25-15(8)18/h5-7,13H,1-4H3,(H,19,20)(H,21,22). The zero-order chi connectivity index (χ0) is 18.5. The Morgan fingerprint density at radius 1 is 1.20 bits per heavy atom. The first kappa shape index (κ1) is 16.9. The number of methoxy groups -OCH3 is 2. The largest absolute Gasteiger partial charge is 0.496 e. The van der Waals surface area contributed by atoms with E-state index in [0.717, 1.165) is 0 Å². The van der Waals surface area contributed by atoms with Crippen molar-refractivity contribution >= 4 is 11.9 Å². The summed E-state index contributed by atoms with van der Waals surface area (Å²) in [5.41, 5.74) is -0.324. The summed E-state index contributed by atoms with van der Waals surface area (Å²) in [6, 6.07) is 3.27. The predicted octanol–water partition coefficient (Wildman–Crippen LogP) is 2.35. The monoisotopic (exact) mass is 346 g/mol. The molecule has 3 rings (SSSR count). The van der Waals surface area contributed by atoms with Crippen LogP contribution >= 0.6 is 0 Å². The third-order valence-corrected chi connectivity index (χ3v) is 4.81. The van der Waals surface area contributed by atoms with Crippen LogP contribution in [0.1, 0.15) is 19.4 Å². The average molecular weight is 346 g/mol. The molecule has 1 aliphatic carbocycles. The van der Waals surface area contributed by atoms with Crippen molar-refractivity contribution in [2.24, 2.45) is 5.92 Å². The minimum Gasteiger partial charge on any atom is -0.496 e. The van der Waals surface area contributed by atoms with Crippen LogP contribution in [-0.2, 0) is 15.0 Å². The van der Waals surface area contributed by atoms with E-state index >= 15 is 0 Å². The van der Waals surface area contributed by atoms with E-state index in [4.69, 9.17) is 14.2 Å². The summed E-state index contributed by atoms with van der Waals surface area (Å²) in [6.07, 6.45) is 1.35. The predicted molar refractivity (Wildman–Crippen MR) is 87.1 cm³/mol. The van der Waals surface area contributed by atoms with E-state index in [1.165, 1.54) is 20.3 Å². The zero-order valence-electron chi connectivity index (χ0n) is 14.2. The van der Waals surface area contributed by atoms with Gasteiger partial charge in [-0.1, -0.05) is 0 Å². The lowest BCUT2D eigenvalue weighted by atomic mass is 9.64. The highest BCUT2D eigenvalue weighted by Gasteiger charge is 2.57. The molecular formula is C18H18O7. The van der Waals surface area contributed by atoms with Crippen LogP contribution in [0.15, 0.2) is 35.1 Å². The van der Waals surface area contributed by atoms with Crippen LogP contribution in [0.4, 0.5) is 0 Å². The molecule has 0 aromatic heterocycles. The maximum absolute atomic E-state index is 12.0. The fraction of sp³-hybridized carbons (Fsp3) is 0.333. The molecule has 7 heteroatoms. The minimum absolute atomic E-state index is 0.189. The number of rotatable bonds is 4. The first-order valence-corrected chi connectivity index (χ1v) is 7.59. The number of carbonyl (C=O) groups is 2. The van der Waals surface area contributed by atoms with Gasteiger partial charge < -0.3 is 24.4 Å². The SMILES string of the molecule is COc1cc(OC)c2c(c1)OC1=C(C)C=C(C(=O)O)C(C(=O)O)C12C. The van der Waals surface area contributed by atoms with Crippen molar-refractivity contribution in [2.75, 3.05) is 14.2 Å². The van der Waals surface area contributed by atoms with Gasteiger partial charge in [-0.05, 0) is 25.5 Å². The van der Waals surface area contributed by atoms with Gasteiger partial charge in [-0.25, -0.2) is 4.79 Å². The number of aliphatic carboxylic acids is 2. The molecule has 0 fully saturated rings. The third kappa shape index (κ3) is 2.19. The molecule has 2 atom stereocenters. The van der Waals surface area contributed by atoms with E-state index in [1.54, 1.807) is 26.0 Å². The van der Waals surface area contributed by atoms with Crippen molar-refractivity contribution in [3.8, 4) is 17.2 Å². The van der Waals surface area contributed by atoms with Gasteiger partial charge in [-0.2, -0.15) is 0 Å². The van der Waals surface area contributed by atoms with Crippen molar-refractivity contribution < 1.29 is 34.0 Å². The van der Waals surface area contributed by atoms with E-state index in [2.05, 4.69) is 0 Å². The molecule has 1 aliphatic heterocycles. The maximum Gasteiger partial charge on any atom is 0.332 e. The van der Waals surface area contributed by atoms with Crippen molar-refractivity contribution in [1.82, 2.24) is 0 Å². The Bertz CT molecular complexity index is 849. The van der Waals surface area contributed by atoms with Gasteiger partial charge in [-0.15, -0.1) is 0 Å². The van der Waals surface area contributed by atoms with Gasteiger partial charge in [-0.3, -0.25) is 4.79 Å². The normalized spacial score (nSPS) is 24.0. The minimum atomic E-state index is -1.31. The second kappa shape index (κ2) is 5.54. The van der Waals surface area contributed by atoms with Gasteiger partial charge in [0.1, 0.15) is 28.9 Å². The fourth-order valence-corrected chi connectivity index (χ4v) is 3.79. The van der Waals surface area contributed by atoms with Gasteiger partial charge in [0.25, 0.3) is 0 Å². The Morgan fingerprint density at radius 2 is 1.88 bits per heavy atom. The smallest absolute Gasteiger partial charge is 0.332 e. The number of hydrogen-bond donors (Lipinski definition) is 2. The number of fused-ring (bicyclic) bond motifs is 3. The average Bonchev–Trinajstić information content (AvgIpc) is 2.87. The topological polar surface area (TPSA) is 102 Å². The Kier molecular flexibility index (Phi) is 3.74. The van der Waals surface area contributed by atoms with Crippen molar-refractivity contribution in [3.63, 3.8) is 0 Å². The van der Waals surface area contributed by atoms with E-state index < -0.39 is 23.3 Å². The Hall–Kier alpha value is -2.96. The number of ether oxygens (including phenoxy) is 3. The van der Waals surface area contributed by atoms with Crippen LogP contribution in [0, 0.1) is 5.92 Å². The summed E-state index contributed by atoms with van der Waals surface area (Å²) >= 11 is 0. The Morgan fingerprint density at radius 3 is 2.40 bits per heavy atom. The van der Waals surface area contributed by atoms with Crippen molar-refractivity contribution in [1.29, 1.82) is 0 Å². The van der Waals surface area contributed by atoms with Crippen molar-refractivity contribution in [2.45, 2.75) is 19.3 Å². The second-order valence-corrected chi connectivity index (χ2v) is 6.20. The lowest BCUT2D eigenvalue weighted by Gasteiger charge is -2.35. The number of hydrogen-bond acceptors (Lipinski definition) is 5. The first-order valence-electron chi connectivity index (χ1n) is 7.59. The van der Waals surface area contributed by atoms with Gasteiger partial charge in [0.05, 0.1) is 30.8 Å². The van der Waals surface area contributed by atoms with Crippen LogP contribution in [0.5, 0.6) is 17.2 Å². The summed E-state index contributed by atoms with van der Waals surface area (Å²) in [6.45, 7) is 3.37. The highest BCUT2D eigenvalue weighted by atomic mass is 16.5. The maximum atomic E-state index is 12.0. The highest BCUT2D eigenvalue weighted by Crippen LogP contribution is 2.58. The molecule has 1 aromatic rings. The molecule has 7 nitrogen and oxygen atoms in total. The number of carboxylic acids is 2. The second-order valence-electron chi connectivity index (χ2n) is 6.20. The molecule has 0 saturated carbocycles. The Labute approximate surface area is 144 Å².